The Morgan fingerprint density at radius 2 is 1.88 bits per heavy atom. The number of benzene rings is 1. The van der Waals surface area contributed by atoms with Crippen LogP contribution in [0.2, 0.25) is 0 Å². The molecule has 1 aliphatic carbocycles. The minimum Gasteiger partial charge on any atom is -0.314 e. The highest BCUT2D eigenvalue weighted by atomic mass is 14.9. The molecule has 1 heteroatoms. The van der Waals surface area contributed by atoms with E-state index in [0.717, 1.165) is 25.4 Å². The third-order valence-electron chi connectivity index (χ3n) is 3.45. The van der Waals surface area contributed by atoms with E-state index < -0.39 is 0 Å². The van der Waals surface area contributed by atoms with Gasteiger partial charge < -0.3 is 5.32 Å². The first kappa shape index (κ1) is 12.4. The molecular weight excluding hydrogens is 206 g/mol. The first-order valence-corrected chi connectivity index (χ1v) is 6.71. The zero-order valence-electron chi connectivity index (χ0n) is 11.0. The van der Waals surface area contributed by atoms with Gasteiger partial charge in [0.1, 0.15) is 0 Å². The van der Waals surface area contributed by atoms with Crippen LogP contribution < -0.4 is 5.32 Å². The van der Waals surface area contributed by atoms with Gasteiger partial charge in [-0.3, -0.25) is 0 Å². The van der Waals surface area contributed by atoms with E-state index in [1.54, 1.807) is 0 Å². The molecule has 1 aromatic rings. The summed E-state index contributed by atoms with van der Waals surface area (Å²) in [5.41, 5.74) is 4.30. The maximum absolute atomic E-state index is 3.53. The van der Waals surface area contributed by atoms with Gasteiger partial charge in [-0.25, -0.2) is 0 Å². The second-order valence-corrected chi connectivity index (χ2v) is 5.06. The van der Waals surface area contributed by atoms with Gasteiger partial charge in [0.25, 0.3) is 0 Å². The van der Waals surface area contributed by atoms with Crippen LogP contribution in [0.25, 0.3) is 0 Å². The molecule has 1 fully saturated rings. The van der Waals surface area contributed by atoms with Gasteiger partial charge in [-0.05, 0) is 62.8 Å². The predicted octanol–water partition coefficient (Wildman–Crippen LogP) is 3.54. The second-order valence-electron chi connectivity index (χ2n) is 5.06. The summed E-state index contributed by atoms with van der Waals surface area (Å²) < 4.78 is 0. The Kier molecular flexibility index (Phi) is 4.38. The van der Waals surface area contributed by atoms with E-state index in [2.05, 4.69) is 49.5 Å². The van der Waals surface area contributed by atoms with Crippen LogP contribution >= 0.6 is 0 Å². The third-order valence-corrected chi connectivity index (χ3v) is 3.45. The van der Waals surface area contributed by atoms with Crippen LogP contribution in [-0.2, 0) is 6.42 Å². The van der Waals surface area contributed by atoms with Crippen molar-refractivity contribution in [2.75, 3.05) is 6.54 Å². The zero-order valence-corrected chi connectivity index (χ0v) is 11.0. The molecule has 0 aliphatic heterocycles. The Labute approximate surface area is 105 Å². The molecule has 1 aromatic carbocycles. The number of hydrogen-bond donors (Lipinski definition) is 1. The fourth-order valence-corrected chi connectivity index (χ4v) is 2.15. The molecule has 0 atom stereocenters. The Hall–Kier alpha value is -1.08. The Bertz CT molecular complexity index is 368. The molecule has 1 nitrogen and oxygen atoms in total. The first-order chi connectivity index (χ1) is 8.27. The second kappa shape index (κ2) is 6.02. The summed E-state index contributed by atoms with van der Waals surface area (Å²) in [6.07, 6.45) is 9.60. The molecule has 0 heterocycles. The third kappa shape index (κ3) is 4.01. The number of aryl methyl sites for hydroxylation is 2. The molecule has 0 radical (unpaired) electrons. The summed E-state index contributed by atoms with van der Waals surface area (Å²) in [6.45, 7) is 5.53. The Balaban J connectivity index is 1.74. The minimum absolute atomic E-state index is 0.835. The smallest absolute Gasteiger partial charge is 0.00683 e. The molecular formula is C16H23N. The van der Waals surface area contributed by atoms with E-state index in [1.165, 1.54) is 29.5 Å². The van der Waals surface area contributed by atoms with E-state index in [1.807, 2.05) is 0 Å². The largest absolute Gasteiger partial charge is 0.314 e. The van der Waals surface area contributed by atoms with Gasteiger partial charge in [0.2, 0.25) is 0 Å². The average Bonchev–Trinajstić information content (AvgIpc) is 3.10. The number of rotatable bonds is 6. The van der Waals surface area contributed by atoms with Crippen LogP contribution in [0.3, 0.4) is 0 Å². The Morgan fingerprint density at radius 1 is 1.18 bits per heavy atom. The van der Waals surface area contributed by atoms with Crippen LogP contribution in [0.4, 0.5) is 0 Å². The number of nitrogens with one attached hydrogen (secondary N) is 1. The lowest BCUT2D eigenvalue weighted by Gasteiger charge is -2.06. The quantitative estimate of drug-likeness (QED) is 0.581. The van der Waals surface area contributed by atoms with Crippen molar-refractivity contribution >= 4 is 0 Å². The van der Waals surface area contributed by atoms with Gasteiger partial charge in [-0.1, -0.05) is 30.4 Å². The van der Waals surface area contributed by atoms with Crippen molar-refractivity contribution < 1.29 is 0 Å². The molecule has 17 heavy (non-hydrogen) atoms. The summed E-state index contributed by atoms with van der Waals surface area (Å²) in [5, 5.41) is 3.53. The number of allylic oxidation sites excluding steroid dienone is 1. The Morgan fingerprint density at radius 3 is 2.53 bits per heavy atom. The number of hydrogen-bond acceptors (Lipinski definition) is 1. The van der Waals surface area contributed by atoms with E-state index in [-0.39, 0.29) is 0 Å². The summed E-state index contributed by atoms with van der Waals surface area (Å²) in [6, 6.07) is 7.37. The lowest BCUT2D eigenvalue weighted by atomic mass is 10.00. The predicted molar refractivity (Wildman–Crippen MR) is 74.4 cm³/mol. The van der Waals surface area contributed by atoms with Crippen LogP contribution in [0.5, 0.6) is 0 Å². The van der Waals surface area contributed by atoms with Crippen molar-refractivity contribution in [1.82, 2.24) is 5.32 Å². The molecule has 0 aromatic heterocycles. The lowest BCUT2D eigenvalue weighted by molar-refractivity contribution is 0.690. The monoisotopic (exact) mass is 229 g/mol. The lowest BCUT2D eigenvalue weighted by Crippen LogP contribution is -2.16. The minimum atomic E-state index is 0.835. The highest BCUT2D eigenvalue weighted by Crippen LogP contribution is 2.18. The first-order valence-electron chi connectivity index (χ1n) is 6.71. The highest BCUT2D eigenvalue weighted by molar-refractivity contribution is 5.34. The molecule has 0 saturated heterocycles. The normalized spacial score (nSPS) is 15.6. The molecule has 1 saturated carbocycles. The van der Waals surface area contributed by atoms with Crippen molar-refractivity contribution in [3.05, 3.63) is 47.0 Å². The van der Waals surface area contributed by atoms with E-state index >= 15 is 0 Å². The van der Waals surface area contributed by atoms with Gasteiger partial charge in [0.15, 0.2) is 0 Å². The van der Waals surface area contributed by atoms with E-state index in [4.69, 9.17) is 0 Å². The van der Waals surface area contributed by atoms with Gasteiger partial charge >= 0.3 is 0 Å². The van der Waals surface area contributed by atoms with Crippen molar-refractivity contribution in [1.29, 1.82) is 0 Å². The highest BCUT2D eigenvalue weighted by Gasteiger charge is 2.19. The van der Waals surface area contributed by atoms with Crippen LogP contribution in [0.1, 0.15) is 36.0 Å². The maximum atomic E-state index is 3.53. The maximum Gasteiger partial charge on any atom is 0.00683 e. The van der Waals surface area contributed by atoms with Crippen LogP contribution in [0, 0.1) is 13.8 Å². The average molecular weight is 229 g/mol. The SMILES string of the molecule is Cc1cccc(C)c1C/C=C/CCNC1CC1. The van der Waals surface area contributed by atoms with Crippen molar-refractivity contribution in [3.8, 4) is 0 Å². The molecule has 92 valence electrons. The van der Waals surface area contributed by atoms with E-state index in [9.17, 15) is 0 Å². The van der Waals surface area contributed by atoms with Gasteiger partial charge in [-0.2, -0.15) is 0 Å². The summed E-state index contributed by atoms with van der Waals surface area (Å²) in [5.74, 6) is 0. The summed E-state index contributed by atoms with van der Waals surface area (Å²) in [7, 11) is 0. The standard InChI is InChI=1S/C16H23N/c1-13-7-6-8-14(2)16(13)9-4-3-5-12-17-15-10-11-15/h3-4,6-8,15,17H,5,9-12H2,1-2H3/b4-3+. The summed E-state index contributed by atoms with van der Waals surface area (Å²) >= 11 is 0. The van der Waals surface area contributed by atoms with Gasteiger partial charge in [0, 0.05) is 6.04 Å². The molecule has 0 amide bonds. The van der Waals surface area contributed by atoms with Crippen LogP contribution in [0.15, 0.2) is 30.4 Å². The molecule has 1 N–H and O–H groups in total. The van der Waals surface area contributed by atoms with Crippen LogP contribution in [-0.4, -0.2) is 12.6 Å². The molecule has 0 unspecified atom stereocenters. The summed E-state index contributed by atoms with van der Waals surface area (Å²) in [4.78, 5) is 0. The fraction of sp³-hybridized carbons (Fsp3) is 0.500. The zero-order chi connectivity index (χ0) is 12.1. The molecule has 0 bridgehead atoms. The van der Waals surface area contributed by atoms with E-state index in [0.29, 0.717) is 0 Å². The molecule has 1 aliphatic rings. The fourth-order valence-electron chi connectivity index (χ4n) is 2.15. The van der Waals surface area contributed by atoms with Crippen molar-refractivity contribution in [2.45, 2.75) is 45.6 Å². The van der Waals surface area contributed by atoms with Crippen molar-refractivity contribution in [2.24, 2.45) is 0 Å². The van der Waals surface area contributed by atoms with Gasteiger partial charge in [-0.15, -0.1) is 0 Å². The van der Waals surface area contributed by atoms with Gasteiger partial charge in [0.05, 0.1) is 0 Å². The molecule has 0 spiro atoms. The van der Waals surface area contributed by atoms with Crippen molar-refractivity contribution in [3.63, 3.8) is 0 Å². The molecule has 2 rings (SSSR count). The topological polar surface area (TPSA) is 12.0 Å².